The minimum Gasteiger partial charge on any atom is -0.497 e. The average molecular weight is 367 g/mol. The van der Waals surface area contributed by atoms with E-state index in [1.54, 1.807) is 36.3 Å². The molecule has 2 aromatic rings. The Morgan fingerprint density at radius 2 is 1.67 bits per heavy atom. The van der Waals surface area contributed by atoms with Gasteiger partial charge in [0.1, 0.15) is 5.75 Å². The third kappa shape index (κ3) is 5.33. The quantitative estimate of drug-likeness (QED) is 0.735. The van der Waals surface area contributed by atoms with Gasteiger partial charge in [-0.1, -0.05) is 30.3 Å². The number of benzene rings is 2. The van der Waals surface area contributed by atoms with E-state index in [2.05, 4.69) is 24.3 Å². The van der Waals surface area contributed by atoms with Crippen molar-refractivity contribution in [1.29, 1.82) is 0 Å². The van der Waals surface area contributed by atoms with Crippen LogP contribution in [0.15, 0.2) is 54.6 Å². The zero-order valence-electron chi connectivity index (χ0n) is 15.6. The van der Waals surface area contributed by atoms with E-state index in [1.807, 2.05) is 6.07 Å². The maximum absolute atomic E-state index is 12.3. The van der Waals surface area contributed by atoms with Crippen molar-refractivity contribution in [3.8, 4) is 5.75 Å². The van der Waals surface area contributed by atoms with Gasteiger partial charge >= 0.3 is 5.97 Å². The summed E-state index contributed by atoms with van der Waals surface area (Å²) < 4.78 is 10.2. The van der Waals surface area contributed by atoms with Crippen LogP contribution in [0.1, 0.15) is 28.8 Å². The molecule has 0 saturated carbocycles. The van der Waals surface area contributed by atoms with Gasteiger partial charge in [0.25, 0.3) is 5.91 Å². The number of ether oxygens (including phenoxy) is 2. The van der Waals surface area contributed by atoms with Gasteiger partial charge in [0.2, 0.25) is 0 Å². The number of esters is 1. The van der Waals surface area contributed by atoms with Crippen molar-refractivity contribution in [2.45, 2.75) is 19.3 Å². The molecule has 1 heterocycles. The van der Waals surface area contributed by atoms with E-state index in [9.17, 15) is 9.59 Å². The molecule has 0 aromatic heterocycles. The Morgan fingerprint density at radius 1 is 1.00 bits per heavy atom. The van der Waals surface area contributed by atoms with Crippen molar-refractivity contribution < 1.29 is 19.1 Å². The standard InChI is InChI=1S/C22H25NO4/c1-26-20-9-7-19(8-10-20)22(25)27-16-21(24)23-13-11-18(12-14-23)15-17-5-3-2-4-6-17/h2-10,18H,11-16H2,1H3. The van der Waals surface area contributed by atoms with Gasteiger partial charge in [-0.3, -0.25) is 4.79 Å². The summed E-state index contributed by atoms with van der Waals surface area (Å²) in [6, 6.07) is 17.1. The highest BCUT2D eigenvalue weighted by Gasteiger charge is 2.23. The lowest BCUT2D eigenvalue weighted by molar-refractivity contribution is -0.135. The Balaban J connectivity index is 1.42. The molecule has 3 rings (SSSR count). The Morgan fingerprint density at radius 3 is 2.30 bits per heavy atom. The highest BCUT2D eigenvalue weighted by molar-refractivity contribution is 5.91. The maximum atomic E-state index is 12.3. The second-order valence-corrected chi connectivity index (χ2v) is 6.82. The topological polar surface area (TPSA) is 55.8 Å². The number of rotatable bonds is 6. The molecule has 5 nitrogen and oxygen atoms in total. The minimum atomic E-state index is -0.495. The SMILES string of the molecule is COc1ccc(C(=O)OCC(=O)N2CCC(Cc3ccccc3)CC2)cc1. The Labute approximate surface area is 159 Å². The molecule has 0 aliphatic carbocycles. The fourth-order valence-corrected chi connectivity index (χ4v) is 3.36. The zero-order valence-corrected chi connectivity index (χ0v) is 15.6. The second kappa shape index (κ2) is 9.21. The first-order chi connectivity index (χ1) is 13.2. The molecule has 1 saturated heterocycles. The predicted octanol–water partition coefficient (Wildman–Crippen LogP) is 3.33. The molecule has 0 bridgehead atoms. The summed E-state index contributed by atoms with van der Waals surface area (Å²) in [5.74, 6) is 0.638. The largest absolute Gasteiger partial charge is 0.497 e. The first-order valence-corrected chi connectivity index (χ1v) is 9.28. The van der Waals surface area contributed by atoms with E-state index in [4.69, 9.17) is 9.47 Å². The van der Waals surface area contributed by atoms with E-state index < -0.39 is 5.97 Å². The third-order valence-electron chi connectivity index (χ3n) is 4.99. The average Bonchev–Trinajstić information content (AvgIpc) is 2.73. The smallest absolute Gasteiger partial charge is 0.338 e. The highest BCUT2D eigenvalue weighted by Crippen LogP contribution is 2.21. The molecule has 0 radical (unpaired) electrons. The summed E-state index contributed by atoms with van der Waals surface area (Å²) in [5, 5.41) is 0. The number of amides is 1. The first-order valence-electron chi connectivity index (χ1n) is 9.28. The van der Waals surface area contributed by atoms with Crippen LogP contribution in [-0.2, 0) is 16.0 Å². The number of hydrogen-bond acceptors (Lipinski definition) is 4. The maximum Gasteiger partial charge on any atom is 0.338 e. The third-order valence-corrected chi connectivity index (χ3v) is 4.99. The zero-order chi connectivity index (χ0) is 19.1. The summed E-state index contributed by atoms with van der Waals surface area (Å²) in [6.45, 7) is 1.22. The number of likely N-dealkylation sites (tertiary alicyclic amines) is 1. The highest BCUT2D eigenvalue weighted by atomic mass is 16.5. The molecule has 27 heavy (non-hydrogen) atoms. The molecule has 0 N–H and O–H groups in total. The Bertz CT molecular complexity index is 750. The van der Waals surface area contributed by atoms with Crippen LogP contribution in [-0.4, -0.2) is 43.6 Å². The normalized spacial score (nSPS) is 14.6. The molecule has 1 aliphatic rings. The van der Waals surface area contributed by atoms with E-state index in [1.165, 1.54) is 5.56 Å². The lowest BCUT2D eigenvalue weighted by atomic mass is 9.90. The van der Waals surface area contributed by atoms with Crippen molar-refractivity contribution in [2.75, 3.05) is 26.8 Å². The molecule has 1 fully saturated rings. The van der Waals surface area contributed by atoms with Crippen LogP contribution < -0.4 is 4.74 Å². The van der Waals surface area contributed by atoms with Crippen LogP contribution >= 0.6 is 0 Å². The second-order valence-electron chi connectivity index (χ2n) is 6.82. The Kier molecular flexibility index (Phi) is 6.47. The van der Waals surface area contributed by atoms with Crippen molar-refractivity contribution in [3.05, 3.63) is 65.7 Å². The van der Waals surface area contributed by atoms with Crippen LogP contribution in [0.4, 0.5) is 0 Å². The lowest BCUT2D eigenvalue weighted by Gasteiger charge is -2.32. The molecule has 2 aromatic carbocycles. The van der Waals surface area contributed by atoms with E-state index in [0.717, 1.165) is 32.4 Å². The molecule has 0 unspecified atom stereocenters. The van der Waals surface area contributed by atoms with Gasteiger partial charge in [-0.25, -0.2) is 4.79 Å². The Hall–Kier alpha value is -2.82. The fraction of sp³-hybridized carbons (Fsp3) is 0.364. The molecule has 142 valence electrons. The monoisotopic (exact) mass is 367 g/mol. The summed E-state index contributed by atoms with van der Waals surface area (Å²) in [4.78, 5) is 26.2. The van der Waals surface area contributed by atoms with Crippen LogP contribution in [0.2, 0.25) is 0 Å². The van der Waals surface area contributed by atoms with Gasteiger partial charge in [0, 0.05) is 13.1 Å². The van der Waals surface area contributed by atoms with Crippen LogP contribution in [0.3, 0.4) is 0 Å². The van der Waals surface area contributed by atoms with Crippen LogP contribution in [0.5, 0.6) is 5.75 Å². The van der Waals surface area contributed by atoms with Crippen molar-refractivity contribution >= 4 is 11.9 Å². The van der Waals surface area contributed by atoms with Crippen molar-refractivity contribution in [3.63, 3.8) is 0 Å². The van der Waals surface area contributed by atoms with Gasteiger partial charge in [-0.05, 0) is 55.0 Å². The molecule has 0 spiro atoms. The molecule has 5 heteroatoms. The number of carbonyl (C=O) groups excluding carboxylic acids is 2. The van der Waals surface area contributed by atoms with Gasteiger partial charge < -0.3 is 14.4 Å². The number of piperidine rings is 1. The van der Waals surface area contributed by atoms with Gasteiger partial charge in [-0.15, -0.1) is 0 Å². The van der Waals surface area contributed by atoms with Gasteiger partial charge in [-0.2, -0.15) is 0 Å². The fourth-order valence-electron chi connectivity index (χ4n) is 3.36. The van der Waals surface area contributed by atoms with Crippen molar-refractivity contribution in [1.82, 2.24) is 4.90 Å². The van der Waals surface area contributed by atoms with E-state index >= 15 is 0 Å². The molecule has 0 atom stereocenters. The number of carbonyl (C=O) groups is 2. The summed E-state index contributed by atoms with van der Waals surface area (Å²) in [5.41, 5.74) is 1.75. The minimum absolute atomic E-state index is 0.130. The van der Waals surface area contributed by atoms with E-state index in [-0.39, 0.29) is 12.5 Å². The van der Waals surface area contributed by atoms with Crippen molar-refractivity contribution in [2.24, 2.45) is 5.92 Å². The number of nitrogens with zero attached hydrogens (tertiary/aromatic N) is 1. The number of methoxy groups -OCH3 is 1. The molecular formula is C22H25NO4. The number of hydrogen-bond donors (Lipinski definition) is 0. The first kappa shape index (κ1) is 19.0. The predicted molar refractivity (Wildman–Crippen MR) is 103 cm³/mol. The van der Waals surface area contributed by atoms with Crippen LogP contribution in [0, 0.1) is 5.92 Å². The summed E-state index contributed by atoms with van der Waals surface area (Å²) in [6.07, 6.45) is 3.01. The lowest BCUT2D eigenvalue weighted by Crippen LogP contribution is -2.41. The van der Waals surface area contributed by atoms with E-state index in [0.29, 0.717) is 17.2 Å². The van der Waals surface area contributed by atoms with Gasteiger partial charge in [0.05, 0.1) is 12.7 Å². The molecular weight excluding hydrogens is 342 g/mol. The van der Waals surface area contributed by atoms with Crippen LogP contribution in [0.25, 0.3) is 0 Å². The molecule has 1 aliphatic heterocycles. The summed E-state index contributed by atoms with van der Waals surface area (Å²) in [7, 11) is 1.56. The summed E-state index contributed by atoms with van der Waals surface area (Å²) >= 11 is 0. The van der Waals surface area contributed by atoms with Gasteiger partial charge in [0.15, 0.2) is 6.61 Å². The molecule has 1 amide bonds.